The molecule has 11 heteroatoms. The van der Waals surface area contributed by atoms with E-state index in [1.54, 1.807) is 17.0 Å². The standard InChI is InChI=1S/C21H23IN2O6S2/c1-2-29-15-10-13(11-16-20(28)24(21(31)32-16)8-5-18(26)27)9-14(22)19(15)30-12-17(25)23-6-3-4-7-23/h9-11H,2-8,12H2,1H3,(H,26,27)/b16-11-. The van der Waals surface area contributed by atoms with Crippen molar-refractivity contribution in [1.82, 2.24) is 9.80 Å². The van der Waals surface area contributed by atoms with Gasteiger partial charge in [-0.05, 0) is 66.1 Å². The summed E-state index contributed by atoms with van der Waals surface area (Å²) in [7, 11) is 0. The molecule has 2 amide bonds. The molecular formula is C21H23IN2O6S2. The summed E-state index contributed by atoms with van der Waals surface area (Å²) in [6, 6.07) is 3.59. The highest BCUT2D eigenvalue weighted by atomic mass is 127. The van der Waals surface area contributed by atoms with E-state index < -0.39 is 5.97 Å². The summed E-state index contributed by atoms with van der Waals surface area (Å²) in [5.74, 6) is -0.370. The SMILES string of the molecule is CCOc1cc(/C=C2\SC(=S)N(CCC(=O)O)C2=O)cc(I)c1OCC(=O)N1CCCC1. The molecule has 2 aliphatic heterocycles. The molecule has 3 rings (SSSR count). The van der Waals surface area contributed by atoms with Crippen LogP contribution in [0.5, 0.6) is 11.5 Å². The normalized spacial score (nSPS) is 17.4. The summed E-state index contributed by atoms with van der Waals surface area (Å²) in [6.07, 6.45) is 3.56. The van der Waals surface area contributed by atoms with E-state index in [9.17, 15) is 14.4 Å². The lowest BCUT2D eigenvalue weighted by Crippen LogP contribution is -2.32. The van der Waals surface area contributed by atoms with E-state index in [4.69, 9.17) is 26.8 Å². The number of benzene rings is 1. The molecule has 2 saturated heterocycles. The first-order chi connectivity index (χ1) is 15.3. The first kappa shape index (κ1) is 24.8. The molecule has 172 valence electrons. The largest absolute Gasteiger partial charge is 0.490 e. The number of rotatable bonds is 9. The fourth-order valence-corrected chi connectivity index (χ4v) is 5.41. The molecule has 32 heavy (non-hydrogen) atoms. The molecule has 1 N–H and O–H groups in total. The summed E-state index contributed by atoms with van der Waals surface area (Å²) in [5.41, 5.74) is 0.717. The van der Waals surface area contributed by atoms with Gasteiger partial charge in [-0.25, -0.2) is 0 Å². The number of hydrogen-bond acceptors (Lipinski definition) is 7. The van der Waals surface area contributed by atoms with Gasteiger partial charge in [-0.2, -0.15) is 0 Å². The quantitative estimate of drug-likeness (QED) is 0.266. The van der Waals surface area contributed by atoms with Crippen molar-refractivity contribution in [3.05, 3.63) is 26.2 Å². The van der Waals surface area contributed by atoms with Crippen LogP contribution in [0.25, 0.3) is 6.08 Å². The topological polar surface area (TPSA) is 96.4 Å². The van der Waals surface area contributed by atoms with Crippen LogP contribution in [-0.2, 0) is 14.4 Å². The van der Waals surface area contributed by atoms with Crippen LogP contribution in [-0.4, -0.2) is 69.9 Å². The maximum atomic E-state index is 12.7. The van der Waals surface area contributed by atoms with Gasteiger partial charge in [0.05, 0.1) is 21.5 Å². The molecule has 0 aliphatic carbocycles. The summed E-state index contributed by atoms with van der Waals surface area (Å²) >= 11 is 8.48. The monoisotopic (exact) mass is 590 g/mol. The number of nitrogens with zero attached hydrogens (tertiary/aromatic N) is 2. The van der Waals surface area contributed by atoms with Gasteiger partial charge in [0.25, 0.3) is 11.8 Å². The zero-order valence-electron chi connectivity index (χ0n) is 17.5. The van der Waals surface area contributed by atoms with Crippen molar-refractivity contribution in [2.45, 2.75) is 26.2 Å². The van der Waals surface area contributed by atoms with Gasteiger partial charge in [-0.1, -0.05) is 24.0 Å². The minimum Gasteiger partial charge on any atom is -0.490 e. The number of carbonyl (C=O) groups is 3. The fraction of sp³-hybridized carbons (Fsp3) is 0.429. The number of carbonyl (C=O) groups excluding carboxylic acids is 2. The first-order valence-electron chi connectivity index (χ1n) is 10.1. The van der Waals surface area contributed by atoms with E-state index in [2.05, 4.69) is 22.6 Å². The van der Waals surface area contributed by atoms with Crippen LogP contribution in [0.3, 0.4) is 0 Å². The summed E-state index contributed by atoms with van der Waals surface area (Å²) < 4.78 is 12.6. The van der Waals surface area contributed by atoms with Gasteiger partial charge in [-0.15, -0.1) is 0 Å². The van der Waals surface area contributed by atoms with Gasteiger partial charge in [0.15, 0.2) is 18.1 Å². The average molecular weight is 590 g/mol. The van der Waals surface area contributed by atoms with Gasteiger partial charge in [0, 0.05) is 19.6 Å². The van der Waals surface area contributed by atoms with Crippen LogP contribution in [0, 0.1) is 3.57 Å². The van der Waals surface area contributed by atoms with Gasteiger partial charge in [0.1, 0.15) is 4.32 Å². The third-order valence-corrected chi connectivity index (χ3v) is 7.03. The van der Waals surface area contributed by atoms with Crippen LogP contribution < -0.4 is 9.47 Å². The van der Waals surface area contributed by atoms with Gasteiger partial charge >= 0.3 is 5.97 Å². The number of amides is 2. The predicted octanol–water partition coefficient (Wildman–Crippen LogP) is 3.37. The van der Waals surface area contributed by atoms with E-state index >= 15 is 0 Å². The average Bonchev–Trinajstić information content (AvgIpc) is 3.35. The number of carboxylic acids is 1. The number of thioether (sulfide) groups is 1. The number of hydrogen-bond donors (Lipinski definition) is 1. The highest BCUT2D eigenvalue weighted by molar-refractivity contribution is 14.1. The van der Waals surface area contributed by atoms with Gasteiger partial charge in [-0.3, -0.25) is 19.3 Å². The number of aliphatic carboxylic acids is 1. The number of thiocarbonyl (C=S) groups is 1. The molecule has 1 aromatic carbocycles. The Balaban J connectivity index is 1.77. The van der Waals surface area contributed by atoms with Crippen molar-refractivity contribution in [1.29, 1.82) is 0 Å². The molecule has 0 atom stereocenters. The van der Waals surface area contributed by atoms with Gasteiger partial charge < -0.3 is 19.5 Å². The second-order valence-corrected chi connectivity index (χ2v) is 9.95. The third kappa shape index (κ3) is 6.13. The predicted molar refractivity (Wildman–Crippen MR) is 134 cm³/mol. The van der Waals surface area contributed by atoms with Crippen LogP contribution in [0.2, 0.25) is 0 Å². The van der Waals surface area contributed by atoms with E-state index in [0.29, 0.717) is 27.3 Å². The Hall–Kier alpha value is -1.86. The minimum atomic E-state index is -0.988. The lowest BCUT2D eigenvalue weighted by atomic mass is 10.2. The van der Waals surface area contributed by atoms with Crippen molar-refractivity contribution in [2.75, 3.05) is 32.8 Å². The number of halogens is 1. The van der Waals surface area contributed by atoms with Crippen LogP contribution in [0.4, 0.5) is 0 Å². The third-order valence-electron chi connectivity index (χ3n) is 4.85. The van der Waals surface area contributed by atoms with E-state index in [-0.39, 0.29) is 31.4 Å². The number of carboxylic acid groups (broad SMARTS) is 1. The second kappa shape index (κ2) is 11.3. The molecule has 8 nitrogen and oxygen atoms in total. The first-order valence-corrected chi connectivity index (χ1v) is 12.4. The molecule has 2 fully saturated rings. The zero-order chi connectivity index (χ0) is 23.3. The molecule has 0 spiro atoms. The molecule has 0 saturated carbocycles. The zero-order valence-corrected chi connectivity index (χ0v) is 21.3. The minimum absolute atomic E-state index is 0.0386. The maximum Gasteiger partial charge on any atom is 0.305 e. The van der Waals surface area contributed by atoms with E-state index in [0.717, 1.165) is 46.8 Å². The Bertz CT molecular complexity index is 962. The highest BCUT2D eigenvalue weighted by Gasteiger charge is 2.32. The van der Waals surface area contributed by atoms with Crippen molar-refractivity contribution in [3.8, 4) is 11.5 Å². The lowest BCUT2D eigenvalue weighted by Gasteiger charge is -2.18. The Kier molecular flexibility index (Phi) is 8.77. The molecule has 0 bridgehead atoms. The Labute approximate surface area is 209 Å². The summed E-state index contributed by atoms with van der Waals surface area (Å²) in [5, 5.41) is 8.87. The Morgan fingerprint density at radius 1 is 1.28 bits per heavy atom. The molecule has 2 aliphatic rings. The van der Waals surface area contributed by atoms with Crippen LogP contribution in [0.15, 0.2) is 17.0 Å². The Morgan fingerprint density at radius 2 is 2.00 bits per heavy atom. The molecular weight excluding hydrogens is 567 g/mol. The van der Waals surface area contributed by atoms with E-state index in [1.807, 2.05) is 13.0 Å². The number of likely N-dealkylation sites (tertiary alicyclic amines) is 1. The molecule has 2 heterocycles. The Morgan fingerprint density at radius 3 is 2.66 bits per heavy atom. The smallest absolute Gasteiger partial charge is 0.305 e. The van der Waals surface area contributed by atoms with E-state index in [1.165, 1.54) is 4.90 Å². The van der Waals surface area contributed by atoms with Crippen LogP contribution >= 0.6 is 46.6 Å². The molecule has 0 radical (unpaired) electrons. The highest BCUT2D eigenvalue weighted by Crippen LogP contribution is 2.37. The maximum absolute atomic E-state index is 12.7. The van der Waals surface area contributed by atoms with Crippen molar-refractivity contribution >= 4 is 74.8 Å². The fourth-order valence-electron chi connectivity index (χ4n) is 3.32. The molecule has 0 aromatic heterocycles. The van der Waals surface area contributed by atoms with Crippen molar-refractivity contribution in [3.63, 3.8) is 0 Å². The van der Waals surface area contributed by atoms with Crippen LogP contribution in [0.1, 0.15) is 31.7 Å². The molecule has 0 unspecified atom stereocenters. The van der Waals surface area contributed by atoms with Crippen molar-refractivity contribution in [2.24, 2.45) is 0 Å². The lowest BCUT2D eigenvalue weighted by molar-refractivity contribution is -0.137. The van der Waals surface area contributed by atoms with Crippen molar-refractivity contribution < 1.29 is 29.0 Å². The van der Waals surface area contributed by atoms with Gasteiger partial charge in [0.2, 0.25) is 0 Å². The molecule has 1 aromatic rings. The summed E-state index contributed by atoms with van der Waals surface area (Å²) in [6.45, 7) is 3.77. The summed E-state index contributed by atoms with van der Waals surface area (Å²) in [4.78, 5) is 39.3. The second-order valence-electron chi connectivity index (χ2n) is 7.12. The number of ether oxygens (including phenoxy) is 2.